The fraction of sp³-hybridized carbons (Fsp3) is 0.579. The summed E-state index contributed by atoms with van der Waals surface area (Å²) in [6.07, 6.45) is 6.70. The minimum absolute atomic E-state index is 0.164. The molecule has 0 saturated heterocycles. The van der Waals surface area contributed by atoms with Crippen molar-refractivity contribution in [3.8, 4) is 0 Å². The Morgan fingerprint density at radius 3 is 2.33 bits per heavy atom. The standard InChI is InChI=1S/C19H22ClNO3/c20-15-2-1-3-16(7-15)21-17(22)11-24-18(23)19-8-12-4-13(9-19)6-14(5-12)10-19/h1-3,7,12-14H,4-6,8-11H2,(H,21,22). The van der Waals surface area contributed by atoms with Crippen molar-refractivity contribution in [3.05, 3.63) is 29.3 Å². The van der Waals surface area contributed by atoms with Crippen molar-refractivity contribution >= 4 is 29.2 Å². The summed E-state index contributed by atoms with van der Waals surface area (Å²) >= 11 is 5.90. The lowest BCUT2D eigenvalue weighted by molar-refractivity contribution is -0.172. The van der Waals surface area contributed by atoms with E-state index in [1.807, 2.05) is 0 Å². The lowest BCUT2D eigenvalue weighted by Gasteiger charge is -2.55. The molecule has 0 atom stereocenters. The van der Waals surface area contributed by atoms with Gasteiger partial charge in [-0.15, -0.1) is 0 Å². The number of carbonyl (C=O) groups is 2. The van der Waals surface area contributed by atoms with E-state index in [0.717, 1.165) is 19.3 Å². The maximum Gasteiger partial charge on any atom is 0.312 e. The fourth-order valence-electron chi connectivity index (χ4n) is 5.41. The molecule has 1 aromatic rings. The Morgan fingerprint density at radius 2 is 1.75 bits per heavy atom. The van der Waals surface area contributed by atoms with E-state index in [-0.39, 0.29) is 23.9 Å². The molecule has 1 N–H and O–H groups in total. The number of esters is 1. The van der Waals surface area contributed by atoms with Gasteiger partial charge in [-0.25, -0.2) is 0 Å². The zero-order valence-corrected chi connectivity index (χ0v) is 14.3. The number of hydrogen-bond donors (Lipinski definition) is 1. The molecule has 4 saturated carbocycles. The van der Waals surface area contributed by atoms with Crippen molar-refractivity contribution in [3.63, 3.8) is 0 Å². The van der Waals surface area contributed by atoms with E-state index >= 15 is 0 Å². The minimum atomic E-state index is -0.324. The molecular weight excluding hydrogens is 326 g/mol. The first-order valence-corrected chi connectivity index (χ1v) is 9.13. The first kappa shape index (κ1) is 15.9. The molecule has 1 amide bonds. The summed E-state index contributed by atoms with van der Waals surface area (Å²) in [5.74, 6) is 1.57. The predicted molar refractivity (Wildman–Crippen MR) is 91.6 cm³/mol. The van der Waals surface area contributed by atoms with Crippen LogP contribution in [0.15, 0.2) is 24.3 Å². The van der Waals surface area contributed by atoms with Crippen LogP contribution in [-0.4, -0.2) is 18.5 Å². The number of anilines is 1. The molecular formula is C19H22ClNO3. The Hall–Kier alpha value is -1.55. The van der Waals surface area contributed by atoms with E-state index in [2.05, 4.69) is 5.32 Å². The van der Waals surface area contributed by atoms with Crippen LogP contribution in [0.5, 0.6) is 0 Å². The summed E-state index contributed by atoms with van der Waals surface area (Å²) in [5, 5.41) is 3.27. The highest BCUT2D eigenvalue weighted by atomic mass is 35.5. The highest BCUT2D eigenvalue weighted by Crippen LogP contribution is 2.60. The maximum atomic E-state index is 12.7. The number of carbonyl (C=O) groups excluding carboxylic acids is 2. The van der Waals surface area contributed by atoms with Crippen LogP contribution < -0.4 is 5.32 Å². The third-order valence-electron chi connectivity index (χ3n) is 5.91. The molecule has 4 nitrogen and oxygen atoms in total. The Kier molecular flexibility index (Phi) is 4.03. The predicted octanol–water partition coefficient (Wildman–Crippen LogP) is 4.04. The summed E-state index contributed by atoms with van der Waals surface area (Å²) in [6, 6.07) is 6.93. The Balaban J connectivity index is 1.34. The second-order valence-electron chi connectivity index (χ2n) is 7.83. The monoisotopic (exact) mass is 347 g/mol. The number of nitrogens with one attached hydrogen (secondary N) is 1. The third kappa shape index (κ3) is 3.04. The molecule has 4 aliphatic carbocycles. The van der Waals surface area contributed by atoms with Gasteiger partial charge in [-0.1, -0.05) is 17.7 Å². The molecule has 0 aliphatic heterocycles. The van der Waals surface area contributed by atoms with Gasteiger partial charge in [0.2, 0.25) is 0 Å². The lowest BCUT2D eigenvalue weighted by atomic mass is 9.49. The van der Waals surface area contributed by atoms with Crippen LogP contribution in [0.25, 0.3) is 0 Å². The molecule has 0 aromatic heterocycles. The lowest BCUT2D eigenvalue weighted by Crippen LogP contribution is -2.50. The summed E-state index contributed by atoms with van der Waals surface area (Å²) in [6.45, 7) is -0.229. The topological polar surface area (TPSA) is 55.4 Å². The average molecular weight is 348 g/mol. The highest BCUT2D eigenvalue weighted by Gasteiger charge is 2.55. The maximum absolute atomic E-state index is 12.7. The first-order chi connectivity index (χ1) is 11.5. The fourth-order valence-corrected chi connectivity index (χ4v) is 5.60. The first-order valence-electron chi connectivity index (χ1n) is 8.75. The Bertz CT molecular complexity index is 637. The number of hydrogen-bond acceptors (Lipinski definition) is 3. The SMILES string of the molecule is O=C(COC(=O)C12CC3CC(CC(C3)C1)C2)Nc1cccc(Cl)c1. The van der Waals surface area contributed by atoms with Crippen LogP contribution in [-0.2, 0) is 14.3 Å². The van der Waals surface area contributed by atoms with Gasteiger partial charge >= 0.3 is 5.97 Å². The summed E-state index contributed by atoms with van der Waals surface area (Å²) in [4.78, 5) is 24.7. The van der Waals surface area contributed by atoms with Gasteiger partial charge in [-0.2, -0.15) is 0 Å². The number of amides is 1. The van der Waals surface area contributed by atoms with Crippen LogP contribution in [0, 0.1) is 23.2 Å². The van der Waals surface area contributed by atoms with Crippen molar-refractivity contribution in [1.29, 1.82) is 0 Å². The number of rotatable bonds is 4. The van der Waals surface area contributed by atoms with Gasteiger partial charge in [0.15, 0.2) is 6.61 Å². The molecule has 5 heteroatoms. The molecule has 4 aliphatic rings. The molecule has 24 heavy (non-hydrogen) atoms. The molecule has 0 radical (unpaired) electrons. The Labute approximate surface area is 146 Å². The van der Waals surface area contributed by atoms with Gasteiger partial charge in [-0.05, 0) is 74.5 Å². The van der Waals surface area contributed by atoms with Crippen LogP contribution in [0.2, 0.25) is 5.02 Å². The van der Waals surface area contributed by atoms with Gasteiger partial charge in [0.1, 0.15) is 0 Å². The van der Waals surface area contributed by atoms with Crippen LogP contribution in [0.1, 0.15) is 38.5 Å². The highest BCUT2D eigenvalue weighted by molar-refractivity contribution is 6.30. The summed E-state index contributed by atoms with van der Waals surface area (Å²) in [5.41, 5.74) is 0.295. The molecule has 4 bridgehead atoms. The van der Waals surface area contributed by atoms with Gasteiger partial charge in [0.25, 0.3) is 5.91 Å². The van der Waals surface area contributed by atoms with Crippen LogP contribution in [0.4, 0.5) is 5.69 Å². The second kappa shape index (κ2) is 6.07. The van der Waals surface area contributed by atoms with Crippen molar-refractivity contribution < 1.29 is 14.3 Å². The van der Waals surface area contributed by atoms with E-state index in [0.29, 0.717) is 28.5 Å². The van der Waals surface area contributed by atoms with Gasteiger partial charge < -0.3 is 10.1 Å². The van der Waals surface area contributed by atoms with Gasteiger partial charge in [0, 0.05) is 10.7 Å². The zero-order chi connectivity index (χ0) is 16.7. The smallest absolute Gasteiger partial charge is 0.312 e. The second-order valence-corrected chi connectivity index (χ2v) is 8.27. The van der Waals surface area contributed by atoms with E-state index in [9.17, 15) is 9.59 Å². The van der Waals surface area contributed by atoms with E-state index in [4.69, 9.17) is 16.3 Å². The van der Waals surface area contributed by atoms with Gasteiger partial charge in [-0.3, -0.25) is 9.59 Å². The van der Waals surface area contributed by atoms with Crippen LogP contribution >= 0.6 is 11.6 Å². The Morgan fingerprint density at radius 1 is 1.12 bits per heavy atom. The number of halogens is 1. The minimum Gasteiger partial charge on any atom is -0.455 e. The van der Waals surface area contributed by atoms with Crippen molar-refractivity contribution in [2.75, 3.05) is 11.9 Å². The van der Waals surface area contributed by atoms with E-state index in [1.165, 1.54) is 19.3 Å². The van der Waals surface area contributed by atoms with E-state index < -0.39 is 0 Å². The van der Waals surface area contributed by atoms with E-state index in [1.54, 1.807) is 24.3 Å². The molecule has 128 valence electrons. The van der Waals surface area contributed by atoms with Gasteiger partial charge in [0.05, 0.1) is 5.41 Å². The molecule has 1 aromatic carbocycles. The third-order valence-corrected chi connectivity index (χ3v) is 6.15. The molecule has 0 spiro atoms. The van der Waals surface area contributed by atoms with Crippen molar-refractivity contribution in [2.24, 2.45) is 23.2 Å². The zero-order valence-electron chi connectivity index (χ0n) is 13.6. The summed E-state index contributed by atoms with van der Waals surface area (Å²) < 4.78 is 5.41. The summed E-state index contributed by atoms with van der Waals surface area (Å²) in [7, 11) is 0. The van der Waals surface area contributed by atoms with Crippen LogP contribution in [0.3, 0.4) is 0 Å². The number of benzene rings is 1. The molecule has 4 fully saturated rings. The normalized spacial score (nSPS) is 33.3. The largest absolute Gasteiger partial charge is 0.455 e. The van der Waals surface area contributed by atoms with Crippen molar-refractivity contribution in [1.82, 2.24) is 0 Å². The number of ether oxygens (including phenoxy) is 1. The molecule has 0 unspecified atom stereocenters. The van der Waals surface area contributed by atoms with Crippen molar-refractivity contribution in [2.45, 2.75) is 38.5 Å². The quantitative estimate of drug-likeness (QED) is 0.836. The molecule has 0 heterocycles. The molecule has 5 rings (SSSR count). The average Bonchev–Trinajstić information content (AvgIpc) is 2.51.